The summed E-state index contributed by atoms with van der Waals surface area (Å²) in [4.78, 5) is 12.7. The SMILES string of the molecule is NC[C@@H](C(=O)Cc1ccc2ccccc2c1)c1ccc(Cl)cc1. The number of Topliss-reactive ketones (excluding diaryl/α,β-unsaturated/α-hetero) is 1. The molecule has 0 aliphatic heterocycles. The highest BCUT2D eigenvalue weighted by molar-refractivity contribution is 6.30. The fraction of sp³-hybridized carbons (Fsp3) is 0.150. The fourth-order valence-corrected chi connectivity index (χ4v) is 2.95. The quantitative estimate of drug-likeness (QED) is 0.758. The van der Waals surface area contributed by atoms with Gasteiger partial charge in [-0.2, -0.15) is 0 Å². The van der Waals surface area contributed by atoms with Crippen LogP contribution in [0.2, 0.25) is 5.02 Å². The maximum absolute atomic E-state index is 12.7. The van der Waals surface area contributed by atoms with Crippen LogP contribution in [-0.2, 0) is 11.2 Å². The van der Waals surface area contributed by atoms with Crippen molar-refractivity contribution in [2.24, 2.45) is 5.73 Å². The van der Waals surface area contributed by atoms with Crippen molar-refractivity contribution >= 4 is 28.2 Å². The van der Waals surface area contributed by atoms with Crippen molar-refractivity contribution in [2.45, 2.75) is 12.3 Å². The van der Waals surface area contributed by atoms with E-state index < -0.39 is 0 Å². The van der Waals surface area contributed by atoms with Crippen LogP contribution in [0, 0.1) is 0 Å². The van der Waals surface area contributed by atoms with E-state index in [0.29, 0.717) is 18.0 Å². The standard InChI is InChI=1S/C20H18ClNO/c21-18-9-7-16(8-10-18)19(13-22)20(23)12-14-5-6-15-3-1-2-4-17(15)11-14/h1-11,19H,12-13,22H2/t19-/m1/s1. The highest BCUT2D eigenvalue weighted by atomic mass is 35.5. The zero-order valence-corrected chi connectivity index (χ0v) is 13.5. The summed E-state index contributed by atoms with van der Waals surface area (Å²) in [6, 6.07) is 21.6. The van der Waals surface area contributed by atoms with E-state index in [-0.39, 0.29) is 11.7 Å². The normalized spacial score (nSPS) is 12.3. The first-order valence-electron chi connectivity index (χ1n) is 7.63. The molecule has 0 spiro atoms. The second kappa shape index (κ2) is 6.95. The second-order valence-corrected chi connectivity index (χ2v) is 6.10. The number of hydrogen-bond donors (Lipinski definition) is 1. The molecule has 116 valence electrons. The van der Waals surface area contributed by atoms with Crippen LogP contribution in [0.15, 0.2) is 66.7 Å². The van der Waals surface area contributed by atoms with Gasteiger partial charge in [-0.05, 0) is 34.0 Å². The summed E-state index contributed by atoms with van der Waals surface area (Å²) < 4.78 is 0. The summed E-state index contributed by atoms with van der Waals surface area (Å²) in [5.41, 5.74) is 7.77. The maximum Gasteiger partial charge on any atom is 0.145 e. The van der Waals surface area contributed by atoms with Gasteiger partial charge in [0.2, 0.25) is 0 Å². The van der Waals surface area contributed by atoms with E-state index >= 15 is 0 Å². The molecule has 0 radical (unpaired) electrons. The average Bonchev–Trinajstić information content (AvgIpc) is 2.57. The van der Waals surface area contributed by atoms with Crippen LogP contribution in [-0.4, -0.2) is 12.3 Å². The molecule has 2 N–H and O–H groups in total. The van der Waals surface area contributed by atoms with Crippen molar-refractivity contribution in [3.63, 3.8) is 0 Å². The van der Waals surface area contributed by atoms with Crippen molar-refractivity contribution in [1.82, 2.24) is 0 Å². The van der Waals surface area contributed by atoms with Gasteiger partial charge in [-0.25, -0.2) is 0 Å². The van der Waals surface area contributed by atoms with E-state index in [4.69, 9.17) is 17.3 Å². The molecule has 0 aliphatic carbocycles. The lowest BCUT2D eigenvalue weighted by Gasteiger charge is -2.14. The minimum absolute atomic E-state index is 0.130. The zero-order chi connectivity index (χ0) is 16.2. The largest absolute Gasteiger partial charge is 0.329 e. The Bertz CT molecular complexity index is 826. The highest BCUT2D eigenvalue weighted by Crippen LogP contribution is 2.22. The molecule has 3 aromatic carbocycles. The van der Waals surface area contributed by atoms with Crippen LogP contribution in [0.1, 0.15) is 17.0 Å². The minimum Gasteiger partial charge on any atom is -0.329 e. The van der Waals surface area contributed by atoms with Gasteiger partial charge in [0.25, 0.3) is 0 Å². The second-order valence-electron chi connectivity index (χ2n) is 5.66. The van der Waals surface area contributed by atoms with Gasteiger partial charge in [0.15, 0.2) is 0 Å². The van der Waals surface area contributed by atoms with Crippen LogP contribution in [0.3, 0.4) is 0 Å². The molecule has 1 atom stereocenters. The molecule has 0 aliphatic rings. The van der Waals surface area contributed by atoms with Crippen LogP contribution in [0.25, 0.3) is 10.8 Å². The molecule has 3 aromatic rings. The van der Waals surface area contributed by atoms with E-state index in [0.717, 1.165) is 16.5 Å². The molecule has 0 aromatic heterocycles. The topological polar surface area (TPSA) is 43.1 Å². The van der Waals surface area contributed by atoms with Gasteiger partial charge in [-0.15, -0.1) is 0 Å². The molecule has 0 bridgehead atoms. The first kappa shape index (κ1) is 15.7. The number of halogens is 1. The van der Waals surface area contributed by atoms with Gasteiger partial charge in [0, 0.05) is 18.0 Å². The first-order chi connectivity index (χ1) is 11.2. The van der Waals surface area contributed by atoms with E-state index in [1.807, 2.05) is 30.3 Å². The van der Waals surface area contributed by atoms with Crippen molar-refractivity contribution in [2.75, 3.05) is 6.54 Å². The Morgan fingerprint density at radius 3 is 2.35 bits per heavy atom. The average molecular weight is 324 g/mol. The molecule has 3 rings (SSSR count). The Balaban J connectivity index is 1.81. The lowest BCUT2D eigenvalue weighted by atomic mass is 9.90. The predicted octanol–water partition coefficient (Wildman–Crippen LogP) is 4.35. The molecule has 0 saturated heterocycles. The maximum atomic E-state index is 12.7. The van der Waals surface area contributed by atoms with E-state index in [1.165, 1.54) is 5.39 Å². The predicted molar refractivity (Wildman–Crippen MR) is 95.9 cm³/mol. The first-order valence-corrected chi connectivity index (χ1v) is 8.01. The number of fused-ring (bicyclic) bond motifs is 1. The van der Waals surface area contributed by atoms with E-state index in [9.17, 15) is 4.79 Å². The Hall–Kier alpha value is -2.16. The van der Waals surface area contributed by atoms with Crippen molar-refractivity contribution in [3.05, 3.63) is 82.9 Å². The van der Waals surface area contributed by atoms with Crippen molar-refractivity contribution in [3.8, 4) is 0 Å². The van der Waals surface area contributed by atoms with E-state index in [2.05, 4.69) is 24.3 Å². The number of carbonyl (C=O) groups is 1. The third-order valence-electron chi connectivity index (χ3n) is 4.09. The summed E-state index contributed by atoms with van der Waals surface area (Å²) in [5, 5.41) is 2.98. The smallest absolute Gasteiger partial charge is 0.145 e. The molecule has 0 fully saturated rings. The van der Waals surface area contributed by atoms with Gasteiger partial charge in [0.05, 0.1) is 5.92 Å². The van der Waals surface area contributed by atoms with Gasteiger partial charge >= 0.3 is 0 Å². The zero-order valence-electron chi connectivity index (χ0n) is 12.7. The molecule has 2 nitrogen and oxygen atoms in total. The highest BCUT2D eigenvalue weighted by Gasteiger charge is 2.19. The van der Waals surface area contributed by atoms with Gasteiger partial charge in [0.1, 0.15) is 5.78 Å². The van der Waals surface area contributed by atoms with Gasteiger partial charge in [-0.3, -0.25) is 4.79 Å². The Kier molecular flexibility index (Phi) is 4.75. The molecule has 23 heavy (non-hydrogen) atoms. The Morgan fingerprint density at radius 1 is 0.957 bits per heavy atom. The van der Waals surface area contributed by atoms with Crippen LogP contribution in [0.4, 0.5) is 0 Å². The van der Waals surface area contributed by atoms with E-state index in [1.54, 1.807) is 12.1 Å². The lowest BCUT2D eigenvalue weighted by Crippen LogP contribution is -2.23. The molecule has 0 amide bonds. The fourth-order valence-electron chi connectivity index (χ4n) is 2.82. The van der Waals surface area contributed by atoms with Gasteiger partial charge < -0.3 is 5.73 Å². The molecule has 0 unspecified atom stereocenters. The summed E-state index contributed by atoms with van der Waals surface area (Å²) in [5.74, 6) is -0.163. The number of hydrogen-bond acceptors (Lipinski definition) is 2. The van der Waals surface area contributed by atoms with Gasteiger partial charge in [-0.1, -0.05) is 66.2 Å². The minimum atomic E-state index is -0.293. The number of rotatable bonds is 5. The number of nitrogens with two attached hydrogens (primary N) is 1. The molecule has 3 heteroatoms. The molecule has 0 saturated carbocycles. The van der Waals surface area contributed by atoms with Crippen LogP contribution < -0.4 is 5.73 Å². The number of carbonyl (C=O) groups excluding carboxylic acids is 1. The molecule has 0 heterocycles. The Morgan fingerprint density at radius 2 is 1.65 bits per heavy atom. The summed E-state index contributed by atoms with van der Waals surface area (Å²) in [6.45, 7) is 0.300. The summed E-state index contributed by atoms with van der Waals surface area (Å²) in [6.07, 6.45) is 0.384. The molecular formula is C20H18ClNO. The molecular weight excluding hydrogens is 306 g/mol. The Labute approximate surface area is 140 Å². The van der Waals surface area contributed by atoms with Crippen LogP contribution >= 0.6 is 11.6 Å². The number of benzene rings is 3. The lowest BCUT2D eigenvalue weighted by molar-refractivity contribution is -0.119. The number of ketones is 1. The monoisotopic (exact) mass is 323 g/mol. The summed E-state index contributed by atoms with van der Waals surface area (Å²) in [7, 11) is 0. The van der Waals surface area contributed by atoms with Crippen LogP contribution in [0.5, 0.6) is 0 Å². The third kappa shape index (κ3) is 3.61. The third-order valence-corrected chi connectivity index (χ3v) is 4.34. The summed E-state index contributed by atoms with van der Waals surface area (Å²) >= 11 is 5.91. The van der Waals surface area contributed by atoms with Crippen molar-refractivity contribution < 1.29 is 4.79 Å². The van der Waals surface area contributed by atoms with Crippen molar-refractivity contribution in [1.29, 1.82) is 0 Å².